The van der Waals surface area contributed by atoms with Gasteiger partial charge in [0.25, 0.3) is 0 Å². The summed E-state index contributed by atoms with van der Waals surface area (Å²) in [5.74, 6) is 1.74. The molecular formula is C22H23ClN4O3. The van der Waals surface area contributed by atoms with Gasteiger partial charge in [-0.15, -0.1) is 0 Å². The van der Waals surface area contributed by atoms with Gasteiger partial charge in [-0.3, -0.25) is 9.69 Å². The number of anilines is 1. The monoisotopic (exact) mass is 426 g/mol. The zero-order chi connectivity index (χ0) is 20.9. The largest absolute Gasteiger partial charge is 0.495 e. The van der Waals surface area contributed by atoms with Gasteiger partial charge in [0.05, 0.1) is 18.7 Å². The third kappa shape index (κ3) is 4.80. The van der Waals surface area contributed by atoms with Crippen molar-refractivity contribution < 1.29 is 14.1 Å². The minimum absolute atomic E-state index is 0.0139. The normalized spacial score (nSPS) is 15.1. The molecule has 8 heteroatoms. The smallest absolute Gasteiger partial charge is 0.241 e. The summed E-state index contributed by atoms with van der Waals surface area (Å²) in [6.45, 7) is 2.18. The number of benzene rings is 2. The van der Waals surface area contributed by atoms with Crippen LogP contribution in [0.4, 0.5) is 5.69 Å². The van der Waals surface area contributed by atoms with Crippen molar-refractivity contribution in [2.24, 2.45) is 5.92 Å². The molecule has 0 spiro atoms. The van der Waals surface area contributed by atoms with Crippen molar-refractivity contribution in [2.75, 3.05) is 25.5 Å². The van der Waals surface area contributed by atoms with Gasteiger partial charge < -0.3 is 14.6 Å². The van der Waals surface area contributed by atoms with Gasteiger partial charge in [0.1, 0.15) is 5.75 Å². The topological polar surface area (TPSA) is 80.5 Å². The van der Waals surface area contributed by atoms with E-state index >= 15 is 0 Å². The van der Waals surface area contributed by atoms with Crippen LogP contribution in [0.25, 0.3) is 11.4 Å². The number of methoxy groups -OCH3 is 1. The molecule has 4 rings (SSSR count). The minimum Gasteiger partial charge on any atom is -0.495 e. The number of piperidine rings is 1. The highest BCUT2D eigenvalue weighted by molar-refractivity contribution is 6.32. The summed E-state index contributed by atoms with van der Waals surface area (Å²) >= 11 is 6.13. The Morgan fingerprint density at radius 3 is 2.70 bits per heavy atom. The van der Waals surface area contributed by atoms with E-state index in [4.69, 9.17) is 20.9 Å². The minimum atomic E-state index is -0.0373. The Hall–Kier alpha value is -2.90. The lowest BCUT2D eigenvalue weighted by atomic mass is 9.96. The van der Waals surface area contributed by atoms with Crippen molar-refractivity contribution in [2.45, 2.75) is 19.4 Å². The van der Waals surface area contributed by atoms with Gasteiger partial charge in [0, 0.05) is 17.2 Å². The van der Waals surface area contributed by atoms with Crippen molar-refractivity contribution >= 4 is 23.2 Å². The standard InChI is InChI=1S/C22H23ClN4O3/c1-29-19-8-7-17(13-18(19)23)24-22(28)16-9-11-27(12-10-16)14-20-25-21(26-30-20)15-5-3-2-4-6-15/h2-8,13,16H,9-12,14H2,1H3,(H,24,28). The number of amides is 1. The number of aromatic nitrogens is 2. The second-order valence-corrected chi connectivity index (χ2v) is 7.67. The summed E-state index contributed by atoms with van der Waals surface area (Å²) in [7, 11) is 1.56. The number of rotatable bonds is 6. The molecule has 30 heavy (non-hydrogen) atoms. The van der Waals surface area contributed by atoms with Gasteiger partial charge in [-0.25, -0.2) is 0 Å². The molecule has 1 N–H and O–H groups in total. The fourth-order valence-corrected chi connectivity index (χ4v) is 3.81. The molecular weight excluding hydrogens is 404 g/mol. The number of carbonyl (C=O) groups is 1. The Balaban J connectivity index is 1.28. The number of likely N-dealkylation sites (tertiary alicyclic amines) is 1. The van der Waals surface area contributed by atoms with E-state index in [1.807, 2.05) is 30.3 Å². The first-order valence-corrected chi connectivity index (χ1v) is 10.2. The molecule has 2 aromatic carbocycles. The van der Waals surface area contributed by atoms with Gasteiger partial charge in [0.15, 0.2) is 0 Å². The molecule has 0 saturated carbocycles. The van der Waals surface area contributed by atoms with Crippen LogP contribution in [0.2, 0.25) is 5.02 Å². The molecule has 0 unspecified atom stereocenters. The van der Waals surface area contributed by atoms with E-state index in [0.29, 0.717) is 34.7 Å². The van der Waals surface area contributed by atoms with Crippen molar-refractivity contribution in [3.05, 3.63) is 59.4 Å². The van der Waals surface area contributed by atoms with E-state index in [0.717, 1.165) is 31.5 Å². The third-order valence-corrected chi connectivity index (χ3v) is 5.53. The molecule has 7 nitrogen and oxygen atoms in total. The maximum Gasteiger partial charge on any atom is 0.241 e. The van der Waals surface area contributed by atoms with Crippen LogP contribution in [0.3, 0.4) is 0 Å². The van der Waals surface area contributed by atoms with Gasteiger partial charge in [0.2, 0.25) is 17.6 Å². The van der Waals surface area contributed by atoms with Crippen LogP contribution in [0.1, 0.15) is 18.7 Å². The molecule has 1 aliphatic rings. The molecule has 1 aliphatic heterocycles. The number of hydrogen-bond donors (Lipinski definition) is 1. The average Bonchev–Trinajstić information content (AvgIpc) is 3.23. The molecule has 1 amide bonds. The summed E-state index contributed by atoms with van der Waals surface area (Å²) in [4.78, 5) is 19.3. The van der Waals surface area contributed by atoms with Gasteiger partial charge in [-0.05, 0) is 44.1 Å². The Morgan fingerprint density at radius 1 is 1.23 bits per heavy atom. The van der Waals surface area contributed by atoms with Crippen molar-refractivity contribution in [3.63, 3.8) is 0 Å². The number of nitrogens with zero attached hydrogens (tertiary/aromatic N) is 3. The predicted octanol–water partition coefficient (Wildman–Crippen LogP) is 4.25. The highest BCUT2D eigenvalue weighted by Crippen LogP contribution is 2.28. The lowest BCUT2D eigenvalue weighted by Crippen LogP contribution is -2.37. The van der Waals surface area contributed by atoms with Gasteiger partial charge in [-0.1, -0.05) is 47.1 Å². The van der Waals surface area contributed by atoms with Crippen LogP contribution in [0.5, 0.6) is 5.75 Å². The second kappa shape index (κ2) is 9.28. The van der Waals surface area contributed by atoms with Gasteiger partial charge in [-0.2, -0.15) is 4.98 Å². The number of hydrogen-bond acceptors (Lipinski definition) is 6. The van der Waals surface area contributed by atoms with E-state index in [9.17, 15) is 4.79 Å². The Bertz CT molecular complexity index is 1000. The van der Waals surface area contributed by atoms with Crippen molar-refractivity contribution in [1.82, 2.24) is 15.0 Å². The number of carbonyl (C=O) groups excluding carboxylic acids is 1. The fraction of sp³-hybridized carbons (Fsp3) is 0.318. The fourth-order valence-electron chi connectivity index (χ4n) is 3.56. The highest BCUT2D eigenvalue weighted by Gasteiger charge is 2.26. The maximum absolute atomic E-state index is 12.6. The Labute approximate surface area is 180 Å². The number of nitrogens with one attached hydrogen (secondary N) is 1. The van der Waals surface area contributed by atoms with E-state index in [1.54, 1.807) is 25.3 Å². The van der Waals surface area contributed by atoms with Crippen LogP contribution in [0, 0.1) is 5.92 Å². The predicted molar refractivity (Wildman–Crippen MR) is 114 cm³/mol. The van der Waals surface area contributed by atoms with Crippen LogP contribution < -0.4 is 10.1 Å². The molecule has 0 atom stereocenters. The molecule has 1 fully saturated rings. The first-order chi connectivity index (χ1) is 14.6. The average molecular weight is 427 g/mol. The molecule has 3 aromatic rings. The maximum atomic E-state index is 12.6. The first kappa shape index (κ1) is 20.4. The highest BCUT2D eigenvalue weighted by atomic mass is 35.5. The summed E-state index contributed by atoms with van der Waals surface area (Å²) in [6.07, 6.45) is 1.55. The summed E-state index contributed by atoms with van der Waals surface area (Å²) < 4.78 is 10.5. The van der Waals surface area contributed by atoms with Crippen LogP contribution in [-0.2, 0) is 11.3 Å². The molecule has 0 bridgehead atoms. The molecule has 0 radical (unpaired) electrons. The SMILES string of the molecule is COc1ccc(NC(=O)C2CCN(Cc3nc(-c4ccccc4)no3)CC2)cc1Cl. The molecule has 156 valence electrons. The zero-order valence-corrected chi connectivity index (χ0v) is 17.4. The van der Waals surface area contributed by atoms with E-state index in [1.165, 1.54) is 0 Å². The number of halogens is 1. The van der Waals surface area contributed by atoms with Crippen LogP contribution in [0.15, 0.2) is 53.1 Å². The Kier molecular flexibility index (Phi) is 6.30. The second-order valence-electron chi connectivity index (χ2n) is 7.27. The van der Waals surface area contributed by atoms with Crippen molar-refractivity contribution in [1.29, 1.82) is 0 Å². The summed E-state index contributed by atoms with van der Waals surface area (Å²) in [6, 6.07) is 15.0. The molecule has 0 aliphatic carbocycles. The lowest BCUT2D eigenvalue weighted by Gasteiger charge is -2.30. The number of ether oxygens (including phenoxy) is 1. The summed E-state index contributed by atoms with van der Waals surface area (Å²) in [5.41, 5.74) is 1.61. The van der Waals surface area contributed by atoms with E-state index in [2.05, 4.69) is 20.4 Å². The van der Waals surface area contributed by atoms with Crippen LogP contribution in [-0.4, -0.2) is 41.1 Å². The van der Waals surface area contributed by atoms with Crippen molar-refractivity contribution in [3.8, 4) is 17.1 Å². The Morgan fingerprint density at radius 2 is 2.00 bits per heavy atom. The zero-order valence-electron chi connectivity index (χ0n) is 16.7. The third-order valence-electron chi connectivity index (χ3n) is 5.24. The van der Waals surface area contributed by atoms with E-state index < -0.39 is 0 Å². The van der Waals surface area contributed by atoms with Gasteiger partial charge >= 0.3 is 0 Å². The molecule has 2 heterocycles. The van der Waals surface area contributed by atoms with Crippen LogP contribution >= 0.6 is 11.6 Å². The lowest BCUT2D eigenvalue weighted by molar-refractivity contribution is -0.121. The first-order valence-electron chi connectivity index (χ1n) is 9.87. The quantitative estimate of drug-likeness (QED) is 0.634. The molecule has 1 aromatic heterocycles. The van der Waals surface area contributed by atoms with E-state index in [-0.39, 0.29) is 11.8 Å². The summed E-state index contributed by atoms with van der Waals surface area (Å²) in [5, 5.41) is 7.49. The molecule has 1 saturated heterocycles.